The van der Waals surface area contributed by atoms with Crippen molar-refractivity contribution in [2.75, 3.05) is 5.32 Å². The summed E-state index contributed by atoms with van der Waals surface area (Å²) in [5.41, 5.74) is 2.27. The smallest absolute Gasteiger partial charge is 0.162 e. The van der Waals surface area contributed by atoms with Gasteiger partial charge in [0.2, 0.25) is 0 Å². The Hall–Kier alpha value is -1.94. The van der Waals surface area contributed by atoms with E-state index in [2.05, 4.69) is 10.3 Å². The first-order chi connectivity index (χ1) is 8.58. The highest BCUT2D eigenvalue weighted by Crippen LogP contribution is 2.29. The van der Waals surface area contributed by atoms with Crippen LogP contribution < -0.4 is 5.32 Å². The summed E-state index contributed by atoms with van der Waals surface area (Å²) in [5, 5.41) is 22.5. The van der Waals surface area contributed by atoms with Crippen LogP contribution in [0.4, 0.5) is 5.69 Å². The third-order valence-electron chi connectivity index (χ3n) is 2.54. The van der Waals surface area contributed by atoms with Crippen LogP contribution in [0.25, 0.3) is 0 Å². The van der Waals surface area contributed by atoms with E-state index in [4.69, 9.17) is 11.6 Å². The predicted molar refractivity (Wildman–Crippen MR) is 71.1 cm³/mol. The van der Waals surface area contributed by atoms with Crippen LogP contribution in [0.5, 0.6) is 11.5 Å². The lowest BCUT2D eigenvalue weighted by Crippen LogP contribution is -2.01. The molecule has 0 unspecified atom stereocenters. The normalized spacial score (nSPS) is 10.3. The number of nitrogens with one attached hydrogen (secondary N) is 1. The molecule has 1 heterocycles. The van der Waals surface area contributed by atoms with Gasteiger partial charge in [0.15, 0.2) is 16.7 Å². The molecule has 2 rings (SSSR count). The quantitative estimate of drug-likeness (QED) is 0.589. The number of halogens is 1. The highest BCUT2D eigenvalue weighted by atomic mass is 35.5. The monoisotopic (exact) mass is 264 g/mol. The van der Waals surface area contributed by atoms with Crippen molar-refractivity contribution in [2.24, 2.45) is 0 Å². The van der Waals surface area contributed by atoms with Gasteiger partial charge < -0.3 is 15.5 Å². The van der Waals surface area contributed by atoms with Crippen molar-refractivity contribution < 1.29 is 10.2 Å². The molecule has 1 aromatic carbocycles. The van der Waals surface area contributed by atoms with Gasteiger partial charge in [-0.3, -0.25) is 0 Å². The van der Waals surface area contributed by atoms with Gasteiger partial charge in [0, 0.05) is 18.3 Å². The summed E-state index contributed by atoms with van der Waals surface area (Å²) in [7, 11) is 0. The molecule has 0 saturated carbocycles. The molecule has 5 heteroatoms. The zero-order chi connectivity index (χ0) is 13.1. The number of aromatic nitrogens is 1. The van der Waals surface area contributed by atoms with Crippen LogP contribution in [-0.4, -0.2) is 15.2 Å². The largest absolute Gasteiger partial charge is 0.504 e. The minimum atomic E-state index is -0.136. The predicted octanol–water partition coefficient (Wildman–Crippen LogP) is 3.07. The third kappa shape index (κ3) is 2.65. The summed E-state index contributed by atoms with van der Waals surface area (Å²) in [5.74, 6) is -0.260. The second-order valence-corrected chi connectivity index (χ2v) is 4.35. The second kappa shape index (κ2) is 5.14. The Bertz CT molecular complexity index is 571. The van der Waals surface area contributed by atoms with E-state index in [0.29, 0.717) is 22.9 Å². The van der Waals surface area contributed by atoms with E-state index in [1.807, 2.05) is 13.0 Å². The van der Waals surface area contributed by atoms with Gasteiger partial charge in [-0.05, 0) is 24.6 Å². The van der Waals surface area contributed by atoms with Gasteiger partial charge >= 0.3 is 0 Å². The molecular weight excluding hydrogens is 252 g/mol. The van der Waals surface area contributed by atoms with E-state index in [1.165, 1.54) is 6.07 Å². The molecule has 1 aromatic heterocycles. The number of hydrogen-bond acceptors (Lipinski definition) is 4. The zero-order valence-electron chi connectivity index (χ0n) is 9.81. The molecule has 18 heavy (non-hydrogen) atoms. The Kier molecular flexibility index (Phi) is 3.58. The third-order valence-corrected chi connectivity index (χ3v) is 2.84. The minimum absolute atomic E-state index is 0.123. The van der Waals surface area contributed by atoms with Crippen LogP contribution in [0.15, 0.2) is 30.5 Å². The van der Waals surface area contributed by atoms with Gasteiger partial charge in [-0.15, -0.1) is 0 Å². The topological polar surface area (TPSA) is 65.4 Å². The zero-order valence-corrected chi connectivity index (χ0v) is 10.6. The van der Waals surface area contributed by atoms with Gasteiger partial charge in [0.05, 0.1) is 5.69 Å². The summed E-state index contributed by atoms with van der Waals surface area (Å²) in [4.78, 5) is 4.02. The van der Waals surface area contributed by atoms with Crippen molar-refractivity contribution in [3.05, 3.63) is 46.7 Å². The lowest BCUT2D eigenvalue weighted by molar-refractivity contribution is 0.400. The van der Waals surface area contributed by atoms with E-state index >= 15 is 0 Å². The molecule has 0 amide bonds. The lowest BCUT2D eigenvalue weighted by atomic mass is 10.2. The molecule has 94 valence electrons. The number of benzene rings is 1. The van der Waals surface area contributed by atoms with Crippen LogP contribution in [0.1, 0.15) is 11.1 Å². The van der Waals surface area contributed by atoms with Crippen LogP contribution >= 0.6 is 11.6 Å². The number of phenols is 2. The maximum atomic E-state index is 9.66. The number of phenolic OH excluding ortho intramolecular Hbond substituents is 2. The molecule has 0 saturated heterocycles. The molecule has 0 aliphatic carbocycles. The van der Waals surface area contributed by atoms with Crippen LogP contribution in [0.2, 0.25) is 5.15 Å². The fourth-order valence-electron chi connectivity index (χ4n) is 1.59. The van der Waals surface area contributed by atoms with E-state index in [0.717, 1.165) is 5.56 Å². The SMILES string of the molecule is Cc1cnc(Cl)c(NCc2cccc(O)c2O)c1. The molecule has 0 atom stereocenters. The second-order valence-electron chi connectivity index (χ2n) is 3.99. The Morgan fingerprint density at radius 2 is 2.11 bits per heavy atom. The van der Waals surface area contributed by atoms with Gasteiger partial charge in [-0.25, -0.2) is 4.98 Å². The molecule has 4 nitrogen and oxygen atoms in total. The number of rotatable bonds is 3. The minimum Gasteiger partial charge on any atom is -0.504 e. The van der Waals surface area contributed by atoms with Crippen molar-refractivity contribution in [2.45, 2.75) is 13.5 Å². The van der Waals surface area contributed by atoms with E-state index in [9.17, 15) is 10.2 Å². The number of hydrogen-bond donors (Lipinski definition) is 3. The maximum Gasteiger partial charge on any atom is 0.162 e. The molecule has 3 N–H and O–H groups in total. The van der Waals surface area contributed by atoms with E-state index in [1.54, 1.807) is 18.3 Å². The van der Waals surface area contributed by atoms with Gasteiger partial charge in [0.25, 0.3) is 0 Å². The number of pyridine rings is 1. The van der Waals surface area contributed by atoms with Crippen molar-refractivity contribution in [1.82, 2.24) is 4.98 Å². The first kappa shape index (κ1) is 12.5. The van der Waals surface area contributed by atoms with Crippen LogP contribution in [0.3, 0.4) is 0 Å². The molecular formula is C13H13ClN2O2. The average Bonchev–Trinajstić information content (AvgIpc) is 2.35. The molecule has 0 spiro atoms. The Morgan fingerprint density at radius 3 is 2.89 bits per heavy atom. The number of anilines is 1. The van der Waals surface area contributed by atoms with Crippen molar-refractivity contribution in [3.8, 4) is 11.5 Å². The van der Waals surface area contributed by atoms with Gasteiger partial charge in [0.1, 0.15) is 0 Å². The Morgan fingerprint density at radius 1 is 1.33 bits per heavy atom. The first-order valence-electron chi connectivity index (χ1n) is 5.44. The number of nitrogens with zero attached hydrogens (tertiary/aromatic N) is 1. The van der Waals surface area contributed by atoms with Crippen molar-refractivity contribution >= 4 is 17.3 Å². The van der Waals surface area contributed by atoms with Crippen molar-refractivity contribution in [3.63, 3.8) is 0 Å². The molecule has 0 aliphatic rings. The molecule has 0 radical (unpaired) electrons. The lowest BCUT2D eigenvalue weighted by Gasteiger charge is -2.10. The number of para-hydroxylation sites is 1. The first-order valence-corrected chi connectivity index (χ1v) is 5.81. The Balaban J connectivity index is 2.16. The fourth-order valence-corrected chi connectivity index (χ4v) is 1.76. The number of aryl methyl sites for hydroxylation is 1. The van der Waals surface area contributed by atoms with Gasteiger partial charge in [-0.2, -0.15) is 0 Å². The van der Waals surface area contributed by atoms with Crippen molar-refractivity contribution in [1.29, 1.82) is 0 Å². The molecule has 2 aromatic rings. The summed E-state index contributed by atoms with van der Waals surface area (Å²) in [6.07, 6.45) is 1.68. The highest BCUT2D eigenvalue weighted by molar-refractivity contribution is 6.31. The van der Waals surface area contributed by atoms with Crippen LogP contribution in [0, 0.1) is 6.92 Å². The summed E-state index contributed by atoms with van der Waals surface area (Å²) in [6.45, 7) is 2.27. The standard InChI is InChI=1S/C13H13ClN2O2/c1-8-5-10(13(14)16-6-8)15-7-9-3-2-4-11(17)12(9)18/h2-6,15,17-18H,7H2,1H3. The molecule has 0 bridgehead atoms. The maximum absolute atomic E-state index is 9.66. The van der Waals surface area contributed by atoms with E-state index < -0.39 is 0 Å². The van der Waals surface area contributed by atoms with Gasteiger partial charge in [-0.1, -0.05) is 23.7 Å². The summed E-state index contributed by atoms with van der Waals surface area (Å²) >= 11 is 5.95. The number of aromatic hydroxyl groups is 2. The van der Waals surface area contributed by atoms with E-state index in [-0.39, 0.29) is 11.5 Å². The summed E-state index contributed by atoms with van der Waals surface area (Å²) in [6, 6.07) is 6.69. The molecule has 0 aliphatic heterocycles. The Labute approximate surface area is 110 Å². The summed E-state index contributed by atoms with van der Waals surface area (Å²) < 4.78 is 0. The molecule has 0 fully saturated rings. The van der Waals surface area contributed by atoms with Crippen LogP contribution in [-0.2, 0) is 6.54 Å². The highest BCUT2D eigenvalue weighted by Gasteiger charge is 2.07. The average molecular weight is 265 g/mol. The fraction of sp³-hybridized carbons (Fsp3) is 0.154.